The van der Waals surface area contributed by atoms with E-state index < -0.39 is 0 Å². The van der Waals surface area contributed by atoms with E-state index in [1.165, 1.54) is 22.3 Å². The van der Waals surface area contributed by atoms with Crippen LogP contribution in [0.15, 0.2) is 116 Å². The standard InChI is InChI=1S/C32H29N6.4BrH/c33-12-20-36-16-6-30(7-17-36)31-8-18-37(19-9-31)25-27-2-1-3-28(24-27)26-38(23-13-34)21-10-32(11-22-38)29-4-14-35-15-5-29;;;;/h1-11,14-19,21,24H,20,22-23,25-26H2;4*1H/q+3;;;;/p-3. The van der Waals surface area contributed by atoms with Crippen LogP contribution in [-0.2, 0) is 19.6 Å². The maximum atomic E-state index is 9.59. The molecule has 0 saturated heterocycles. The first kappa shape index (κ1) is 37.0. The number of rotatable bonds is 8. The molecule has 42 heavy (non-hydrogen) atoms. The molecule has 0 saturated carbocycles. The van der Waals surface area contributed by atoms with Gasteiger partial charge in [0.05, 0.1) is 6.20 Å². The minimum absolute atomic E-state index is 0. The van der Waals surface area contributed by atoms with Gasteiger partial charge in [0.15, 0.2) is 50.3 Å². The number of pyridine rings is 3. The predicted molar refractivity (Wildman–Crippen MR) is 143 cm³/mol. The van der Waals surface area contributed by atoms with Crippen LogP contribution in [0.25, 0.3) is 16.7 Å². The molecule has 5 rings (SSSR count). The van der Waals surface area contributed by atoms with E-state index >= 15 is 0 Å². The molecule has 4 heterocycles. The molecule has 0 bridgehead atoms. The fourth-order valence-corrected chi connectivity index (χ4v) is 4.86. The van der Waals surface area contributed by atoms with E-state index in [2.05, 4.69) is 101 Å². The number of aromatic amines is 1. The van der Waals surface area contributed by atoms with Crippen LogP contribution in [0.3, 0.4) is 0 Å². The smallest absolute Gasteiger partial charge is 0.233 e. The summed E-state index contributed by atoms with van der Waals surface area (Å²) in [6.07, 6.45) is 18.5. The quantitative estimate of drug-likeness (QED) is 0.101. The van der Waals surface area contributed by atoms with E-state index in [1.54, 1.807) is 0 Å². The SMILES string of the molecule is N#CC[n+]1ccc(-c2cc[n+](Cc3cccc(C[N+]4(CC#N)C=CC(c5cc[nH+]cc5)=CC4)c3)cc2)cc1.[Br-].[Br-].[Br-].[Br-]. The molecular formula is C32H30Br4N6. The molecule has 1 aliphatic heterocycles. The second kappa shape index (κ2) is 17.8. The van der Waals surface area contributed by atoms with Crippen molar-refractivity contribution >= 4 is 5.57 Å². The Balaban J connectivity index is 0.00000220. The van der Waals surface area contributed by atoms with Gasteiger partial charge < -0.3 is 67.9 Å². The Morgan fingerprint density at radius 2 is 1.36 bits per heavy atom. The molecule has 1 atom stereocenters. The van der Waals surface area contributed by atoms with Crippen molar-refractivity contribution in [3.63, 3.8) is 0 Å². The number of H-pyrrole nitrogens is 1. The number of hydrogen-bond acceptors (Lipinski definition) is 2. The van der Waals surface area contributed by atoms with Gasteiger partial charge in [0, 0.05) is 47.5 Å². The minimum Gasteiger partial charge on any atom is -1.00 e. The number of aromatic nitrogens is 3. The summed E-state index contributed by atoms with van der Waals surface area (Å²) in [5.74, 6) is 0. The van der Waals surface area contributed by atoms with Gasteiger partial charge in [-0.3, -0.25) is 4.48 Å². The van der Waals surface area contributed by atoms with Gasteiger partial charge in [-0.2, -0.15) is 15.1 Å². The molecule has 1 unspecified atom stereocenters. The van der Waals surface area contributed by atoms with Gasteiger partial charge in [0.2, 0.25) is 6.54 Å². The summed E-state index contributed by atoms with van der Waals surface area (Å²) < 4.78 is 4.63. The third-order valence-corrected chi connectivity index (χ3v) is 6.91. The number of allylic oxidation sites excluding steroid dienone is 2. The Hall–Kier alpha value is -2.99. The topological polar surface area (TPSA) is 69.5 Å². The summed E-state index contributed by atoms with van der Waals surface area (Å²) in [4.78, 5) is 3.07. The zero-order valence-electron chi connectivity index (χ0n) is 22.8. The van der Waals surface area contributed by atoms with E-state index in [1.807, 2.05) is 41.5 Å². The molecule has 0 amide bonds. The number of halogens is 4. The number of nitrogens with zero attached hydrogens (tertiary/aromatic N) is 5. The largest absolute Gasteiger partial charge is 1.00 e. The summed E-state index contributed by atoms with van der Waals surface area (Å²) in [5, 5.41) is 18.4. The number of nitrogens with one attached hydrogen (secondary N) is 1. The van der Waals surface area contributed by atoms with Gasteiger partial charge in [0.1, 0.15) is 25.2 Å². The first-order valence-electron chi connectivity index (χ1n) is 12.7. The molecule has 1 aromatic carbocycles. The second-order valence-electron chi connectivity index (χ2n) is 9.64. The van der Waals surface area contributed by atoms with Crippen LogP contribution in [0, 0.1) is 22.7 Å². The Morgan fingerprint density at radius 1 is 0.738 bits per heavy atom. The lowest BCUT2D eigenvalue weighted by Crippen LogP contribution is -3.00. The number of nitriles is 2. The number of hydrogen-bond donors (Lipinski definition) is 0. The Bertz CT molecular complexity index is 1560. The van der Waals surface area contributed by atoms with Crippen LogP contribution in [0.1, 0.15) is 16.7 Å². The maximum absolute atomic E-state index is 9.59. The van der Waals surface area contributed by atoms with Crippen LogP contribution in [0.5, 0.6) is 0 Å². The summed E-state index contributed by atoms with van der Waals surface area (Å²) in [5.41, 5.74) is 7.08. The summed E-state index contributed by atoms with van der Waals surface area (Å²) in [6.45, 7) is 3.11. The fourth-order valence-electron chi connectivity index (χ4n) is 4.86. The average molecular weight is 818 g/mol. The molecule has 6 nitrogen and oxygen atoms in total. The third kappa shape index (κ3) is 9.52. The van der Waals surface area contributed by atoms with E-state index in [0.29, 0.717) is 17.6 Å². The summed E-state index contributed by atoms with van der Waals surface area (Å²) >= 11 is 0. The van der Waals surface area contributed by atoms with Crippen LogP contribution in [-0.4, -0.2) is 17.6 Å². The van der Waals surface area contributed by atoms with Crippen LogP contribution < -0.4 is 82.0 Å². The first-order chi connectivity index (χ1) is 18.7. The molecule has 216 valence electrons. The van der Waals surface area contributed by atoms with Gasteiger partial charge in [-0.15, -0.1) is 0 Å². The van der Waals surface area contributed by atoms with E-state index in [4.69, 9.17) is 5.26 Å². The highest BCUT2D eigenvalue weighted by Gasteiger charge is 2.27. The van der Waals surface area contributed by atoms with Gasteiger partial charge in [0.25, 0.3) is 0 Å². The molecular weight excluding hydrogens is 788 g/mol. The van der Waals surface area contributed by atoms with Crippen molar-refractivity contribution in [2.24, 2.45) is 0 Å². The zero-order valence-corrected chi connectivity index (χ0v) is 29.1. The fraction of sp³-hybridized carbons (Fsp3) is 0.156. The molecule has 0 radical (unpaired) electrons. The summed E-state index contributed by atoms with van der Waals surface area (Å²) in [6, 6.07) is 25.7. The van der Waals surface area contributed by atoms with Gasteiger partial charge >= 0.3 is 0 Å². The highest BCUT2D eigenvalue weighted by atomic mass is 79.9. The average Bonchev–Trinajstić information content (AvgIpc) is 2.95. The molecule has 4 aromatic rings. The molecule has 0 fully saturated rings. The van der Waals surface area contributed by atoms with Crippen LogP contribution in [0.4, 0.5) is 0 Å². The maximum Gasteiger partial charge on any atom is 0.233 e. The molecule has 1 aliphatic rings. The third-order valence-electron chi connectivity index (χ3n) is 6.91. The normalized spacial score (nSPS) is 14.8. The lowest BCUT2D eigenvalue weighted by molar-refractivity contribution is -0.880. The summed E-state index contributed by atoms with van der Waals surface area (Å²) in [7, 11) is 0. The van der Waals surface area contributed by atoms with E-state index in [-0.39, 0.29) is 67.9 Å². The van der Waals surface area contributed by atoms with Gasteiger partial charge in [-0.05, 0) is 40.5 Å². The zero-order chi connectivity index (χ0) is 26.2. The van der Waals surface area contributed by atoms with Crippen LogP contribution in [0.2, 0.25) is 0 Å². The second-order valence-corrected chi connectivity index (χ2v) is 9.64. The predicted octanol–water partition coefficient (Wildman–Crippen LogP) is -8.22. The monoisotopic (exact) mass is 814 g/mol. The number of benzene rings is 1. The van der Waals surface area contributed by atoms with Crippen LogP contribution >= 0.6 is 0 Å². The van der Waals surface area contributed by atoms with Crippen molar-refractivity contribution in [2.45, 2.75) is 19.6 Å². The van der Waals surface area contributed by atoms with E-state index in [9.17, 15) is 5.26 Å². The Kier molecular flexibility index (Phi) is 15.7. The van der Waals surface area contributed by atoms with Crippen molar-refractivity contribution in [3.05, 3.63) is 133 Å². The van der Waals surface area contributed by atoms with Crippen molar-refractivity contribution in [1.29, 1.82) is 10.5 Å². The first-order valence-corrected chi connectivity index (χ1v) is 12.7. The molecule has 0 spiro atoms. The lowest BCUT2D eigenvalue weighted by Gasteiger charge is -2.34. The van der Waals surface area contributed by atoms with Gasteiger partial charge in [-0.25, -0.2) is 9.55 Å². The molecule has 1 N–H and O–H groups in total. The van der Waals surface area contributed by atoms with E-state index in [0.717, 1.165) is 30.8 Å². The Labute approximate surface area is 289 Å². The van der Waals surface area contributed by atoms with Crippen molar-refractivity contribution < 1.29 is 86.5 Å². The minimum atomic E-state index is 0. The van der Waals surface area contributed by atoms with Crippen molar-refractivity contribution in [3.8, 4) is 23.3 Å². The van der Waals surface area contributed by atoms with Crippen molar-refractivity contribution in [1.82, 2.24) is 0 Å². The highest BCUT2D eigenvalue weighted by molar-refractivity contribution is 5.73. The molecule has 0 aliphatic carbocycles. The highest BCUT2D eigenvalue weighted by Crippen LogP contribution is 2.26. The lowest BCUT2D eigenvalue weighted by atomic mass is 10.0. The molecule has 10 heteroatoms. The Morgan fingerprint density at radius 3 is 1.93 bits per heavy atom. The number of quaternary nitrogens is 1. The van der Waals surface area contributed by atoms with Gasteiger partial charge in [-0.1, -0.05) is 18.2 Å². The molecule has 3 aromatic heterocycles. The van der Waals surface area contributed by atoms with Crippen molar-refractivity contribution in [2.75, 3.05) is 13.1 Å².